The molecule has 5 nitrogen and oxygen atoms in total. The maximum atomic E-state index is 12.0. The maximum absolute atomic E-state index is 12.0. The van der Waals surface area contributed by atoms with Crippen molar-refractivity contribution >= 4 is 11.8 Å². The van der Waals surface area contributed by atoms with Crippen molar-refractivity contribution in [2.75, 3.05) is 13.7 Å². The molecule has 19 heavy (non-hydrogen) atoms. The van der Waals surface area contributed by atoms with E-state index in [1.54, 1.807) is 32.2 Å². The van der Waals surface area contributed by atoms with Crippen LogP contribution >= 0.6 is 0 Å². The number of benzene rings is 1. The number of carbonyl (C=O) groups is 2. The lowest BCUT2D eigenvalue weighted by atomic mass is 10.1. The Morgan fingerprint density at radius 3 is 2.74 bits per heavy atom. The van der Waals surface area contributed by atoms with Crippen LogP contribution in [0.5, 0.6) is 0 Å². The van der Waals surface area contributed by atoms with Gasteiger partial charge in [0, 0.05) is 19.2 Å². The molecule has 2 amide bonds. The van der Waals surface area contributed by atoms with Crippen LogP contribution in [0.2, 0.25) is 0 Å². The normalized spacial score (nSPS) is 11.7. The second-order valence-corrected chi connectivity index (χ2v) is 4.22. The van der Waals surface area contributed by atoms with Crippen molar-refractivity contribution in [3.8, 4) is 0 Å². The molecule has 104 valence electrons. The fourth-order valence-corrected chi connectivity index (χ4v) is 1.64. The molecule has 1 aromatic carbocycles. The lowest BCUT2D eigenvalue weighted by Gasteiger charge is -2.13. The summed E-state index contributed by atoms with van der Waals surface area (Å²) in [7, 11) is 1.60. The summed E-state index contributed by atoms with van der Waals surface area (Å²) in [6, 6.07) is 6.58. The Morgan fingerprint density at radius 2 is 2.11 bits per heavy atom. The molecule has 0 bridgehead atoms. The lowest BCUT2D eigenvalue weighted by Crippen LogP contribution is -2.44. The molecule has 2 N–H and O–H groups in total. The maximum Gasteiger partial charge on any atom is 0.251 e. The van der Waals surface area contributed by atoms with Gasteiger partial charge in [-0.1, -0.05) is 12.1 Å². The molecule has 0 aliphatic heterocycles. The molecule has 0 radical (unpaired) electrons. The minimum absolute atomic E-state index is 0.191. The standard InChI is InChI=1S/C14H20N2O3/c1-4-15-13(17)10(2)16-14(18)12-7-5-6-11(8-12)9-19-3/h5-8,10H,4,9H2,1-3H3,(H,15,17)(H,16,18). The monoisotopic (exact) mass is 264 g/mol. The van der Waals surface area contributed by atoms with Crippen molar-refractivity contribution < 1.29 is 14.3 Å². The van der Waals surface area contributed by atoms with Gasteiger partial charge in [-0.25, -0.2) is 0 Å². The Morgan fingerprint density at radius 1 is 1.37 bits per heavy atom. The van der Waals surface area contributed by atoms with Gasteiger partial charge in [-0.3, -0.25) is 9.59 Å². The predicted octanol–water partition coefficient (Wildman–Crippen LogP) is 1.09. The van der Waals surface area contributed by atoms with Crippen LogP contribution in [-0.4, -0.2) is 31.5 Å². The van der Waals surface area contributed by atoms with Crippen molar-refractivity contribution in [3.63, 3.8) is 0 Å². The van der Waals surface area contributed by atoms with E-state index in [-0.39, 0.29) is 11.8 Å². The summed E-state index contributed by atoms with van der Waals surface area (Å²) in [5, 5.41) is 5.32. The SMILES string of the molecule is CCNC(=O)C(C)NC(=O)c1cccc(COC)c1. The van der Waals surface area contributed by atoms with Crippen molar-refractivity contribution in [1.82, 2.24) is 10.6 Å². The van der Waals surface area contributed by atoms with Crippen molar-refractivity contribution in [1.29, 1.82) is 0 Å². The highest BCUT2D eigenvalue weighted by Gasteiger charge is 2.15. The van der Waals surface area contributed by atoms with Crippen LogP contribution in [0.15, 0.2) is 24.3 Å². The van der Waals surface area contributed by atoms with Gasteiger partial charge in [0.2, 0.25) is 5.91 Å². The molecule has 1 rings (SSSR count). The second kappa shape index (κ2) is 7.53. The van der Waals surface area contributed by atoms with Crippen LogP contribution in [0.1, 0.15) is 29.8 Å². The average molecular weight is 264 g/mol. The summed E-state index contributed by atoms with van der Waals surface area (Å²) in [6.45, 7) is 4.48. The Bertz CT molecular complexity index is 446. The van der Waals surface area contributed by atoms with Crippen LogP contribution in [0.3, 0.4) is 0 Å². The Kier molecular flexibility index (Phi) is 6.02. The number of amides is 2. The molecule has 0 saturated carbocycles. The molecule has 0 aliphatic rings. The Hall–Kier alpha value is -1.88. The molecule has 1 atom stereocenters. The predicted molar refractivity (Wildman–Crippen MR) is 72.8 cm³/mol. The summed E-state index contributed by atoms with van der Waals surface area (Å²) >= 11 is 0. The molecule has 0 aliphatic carbocycles. The van der Waals surface area contributed by atoms with E-state index in [0.717, 1.165) is 5.56 Å². The summed E-state index contributed by atoms with van der Waals surface area (Å²) in [5.41, 5.74) is 1.44. The van der Waals surface area contributed by atoms with E-state index in [4.69, 9.17) is 4.74 Å². The number of likely N-dealkylation sites (N-methyl/N-ethyl adjacent to an activating group) is 1. The average Bonchev–Trinajstić information content (AvgIpc) is 2.39. The third-order valence-electron chi connectivity index (χ3n) is 2.59. The molecule has 0 heterocycles. The number of ether oxygens (including phenoxy) is 1. The summed E-state index contributed by atoms with van der Waals surface area (Å²) in [5.74, 6) is -0.458. The molecule has 0 fully saturated rings. The van der Waals surface area contributed by atoms with Gasteiger partial charge in [-0.15, -0.1) is 0 Å². The highest BCUT2D eigenvalue weighted by atomic mass is 16.5. The summed E-state index contributed by atoms with van der Waals surface area (Å²) in [4.78, 5) is 23.5. The summed E-state index contributed by atoms with van der Waals surface area (Å²) < 4.78 is 5.02. The molecule has 0 saturated heterocycles. The fraction of sp³-hybridized carbons (Fsp3) is 0.429. The number of hydrogen-bond acceptors (Lipinski definition) is 3. The van der Waals surface area contributed by atoms with Crippen molar-refractivity contribution in [2.24, 2.45) is 0 Å². The van der Waals surface area contributed by atoms with E-state index >= 15 is 0 Å². The first-order valence-electron chi connectivity index (χ1n) is 6.25. The Balaban J connectivity index is 2.67. The molecular formula is C14H20N2O3. The highest BCUT2D eigenvalue weighted by Crippen LogP contribution is 2.06. The van der Waals surface area contributed by atoms with Gasteiger partial charge in [0.25, 0.3) is 5.91 Å². The second-order valence-electron chi connectivity index (χ2n) is 4.22. The number of hydrogen-bond donors (Lipinski definition) is 2. The minimum Gasteiger partial charge on any atom is -0.380 e. The number of methoxy groups -OCH3 is 1. The molecular weight excluding hydrogens is 244 g/mol. The van der Waals surface area contributed by atoms with Crippen LogP contribution in [-0.2, 0) is 16.1 Å². The van der Waals surface area contributed by atoms with Gasteiger partial charge in [-0.2, -0.15) is 0 Å². The molecule has 0 spiro atoms. The van der Waals surface area contributed by atoms with E-state index in [2.05, 4.69) is 10.6 Å². The van der Waals surface area contributed by atoms with E-state index in [0.29, 0.717) is 18.7 Å². The van der Waals surface area contributed by atoms with Crippen LogP contribution < -0.4 is 10.6 Å². The van der Waals surface area contributed by atoms with Crippen LogP contribution in [0, 0.1) is 0 Å². The first kappa shape index (κ1) is 15.2. The third kappa shape index (κ3) is 4.71. The summed E-state index contributed by atoms with van der Waals surface area (Å²) in [6.07, 6.45) is 0. The topological polar surface area (TPSA) is 67.4 Å². The third-order valence-corrected chi connectivity index (χ3v) is 2.59. The van der Waals surface area contributed by atoms with E-state index < -0.39 is 6.04 Å². The van der Waals surface area contributed by atoms with E-state index in [1.807, 2.05) is 13.0 Å². The zero-order valence-electron chi connectivity index (χ0n) is 11.5. The van der Waals surface area contributed by atoms with Gasteiger partial charge in [-0.05, 0) is 31.5 Å². The number of carbonyl (C=O) groups excluding carboxylic acids is 2. The molecule has 0 aromatic heterocycles. The zero-order valence-corrected chi connectivity index (χ0v) is 11.5. The quantitative estimate of drug-likeness (QED) is 0.808. The molecule has 1 unspecified atom stereocenters. The Labute approximate surface area is 113 Å². The van der Waals surface area contributed by atoms with Gasteiger partial charge >= 0.3 is 0 Å². The van der Waals surface area contributed by atoms with Gasteiger partial charge in [0.05, 0.1) is 6.61 Å². The van der Waals surface area contributed by atoms with Gasteiger partial charge < -0.3 is 15.4 Å². The van der Waals surface area contributed by atoms with Gasteiger partial charge in [0.1, 0.15) is 6.04 Å². The fourth-order valence-electron chi connectivity index (χ4n) is 1.64. The molecule has 1 aromatic rings. The van der Waals surface area contributed by atoms with E-state index in [1.165, 1.54) is 0 Å². The lowest BCUT2D eigenvalue weighted by molar-refractivity contribution is -0.122. The van der Waals surface area contributed by atoms with Crippen molar-refractivity contribution in [2.45, 2.75) is 26.5 Å². The first-order valence-corrected chi connectivity index (χ1v) is 6.25. The molecule has 5 heteroatoms. The van der Waals surface area contributed by atoms with E-state index in [9.17, 15) is 9.59 Å². The number of rotatable bonds is 6. The largest absolute Gasteiger partial charge is 0.380 e. The van der Waals surface area contributed by atoms with Crippen LogP contribution in [0.25, 0.3) is 0 Å². The zero-order chi connectivity index (χ0) is 14.3. The van der Waals surface area contributed by atoms with Gasteiger partial charge in [0.15, 0.2) is 0 Å². The first-order chi connectivity index (χ1) is 9.08. The van der Waals surface area contributed by atoms with Crippen molar-refractivity contribution in [3.05, 3.63) is 35.4 Å². The van der Waals surface area contributed by atoms with Crippen LogP contribution in [0.4, 0.5) is 0 Å². The number of nitrogens with one attached hydrogen (secondary N) is 2. The minimum atomic E-state index is -0.557. The highest BCUT2D eigenvalue weighted by molar-refractivity contribution is 5.97. The smallest absolute Gasteiger partial charge is 0.251 e.